The van der Waals surface area contributed by atoms with E-state index in [1.807, 2.05) is 24.3 Å². The molecular formula is C21H28N4. The predicted octanol–water partition coefficient (Wildman–Crippen LogP) is 5.27. The minimum atomic E-state index is 0.297. The Balaban J connectivity index is 1.73. The molecule has 0 bridgehead atoms. The average molecular weight is 336 g/mol. The van der Waals surface area contributed by atoms with Gasteiger partial charge in [0.25, 0.3) is 0 Å². The molecule has 0 radical (unpaired) electrons. The summed E-state index contributed by atoms with van der Waals surface area (Å²) in [6.07, 6.45) is 8.67. The lowest BCUT2D eigenvalue weighted by molar-refractivity contribution is 0.679. The third kappa shape index (κ3) is 5.31. The van der Waals surface area contributed by atoms with Gasteiger partial charge in [-0.15, -0.1) is 0 Å². The maximum absolute atomic E-state index is 4.67. The molecule has 132 valence electrons. The van der Waals surface area contributed by atoms with Crippen molar-refractivity contribution < 1.29 is 0 Å². The van der Waals surface area contributed by atoms with Gasteiger partial charge in [-0.1, -0.05) is 42.0 Å². The minimum Gasteiger partial charge on any atom is -0.370 e. The van der Waals surface area contributed by atoms with Gasteiger partial charge in [-0.3, -0.25) is 0 Å². The van der Waals surface area contributed by atoms with E-state index >= 15 is 0 Å². The van der Waals surface area contributed by atoms with Gasteiger partial charge >= 0.3 is 0 Å². The fourth-order valence-electron chi connectivity index (χ4n) is 3.10. The molecule has 1 aromatic heterocycles. The van der Waals surface area contributed by atoms with E-state index in [0.29, 0.717) is 12.0 Å². The number of anilines is 2. The van der Waals surface area contributed by atoms with Gasteiger partial charge in [0.2, 0.25) is 5.95 Å². The lowest BCUT2D eigenvalue weighted by Crippen LogP contribution is -2.14. The molecule has 25 heavy (non-hydrogen) atoms. The molecule has 4 heteroatoms. The van der Waals surface area contributed by atoms with Gasteiger partial charge in [-0.2, -0.15) is 4.98 Å². The Kier molecular flexibility index (Phi) is 6.04. The third-order valence-corrected chi connectivity index (χ3v) is 4.35. The molecule has 0 saturated heterocycles. The van der Waals surface area contributed by atoms with E-state index in [9.17, 15) is 0 Å². The molecule has 3 rings (SSSR count). The van der Waals surface area contributed by atoms with Gasteiger partial charge in [0.15, 0.2) is 0 Å². The van der Waals surface area contributed by atoms with Crippen molar-refractivity contribution in [2.45, 2.75) is 52.0 Å². The topological polar surface area (TPSA) is 49.8 Å². The zero-order chi connectivity index (χ0) is 17.5. The maximum atomic E-state index is 4.67. The molecule has 2 aromatic rings. The summed E-state index contributed by atoms with van der Waals surface area (Å²) < 4.78 is 0. The molecule has 0 amide bonds. The molecule has 0 aliphatic heterocycles. The number of hydrogen-bond acceptors (Lipinski definition) is 4. The van der Waals surface area contributed by atoms with E-state index in [1.165, 1.54) is 25.7 Å². The summed E-state index contributed by atoms with van der Waals surface area (Å²) in [7, 11) is 0. The number of aromatic nitrogens is 2. The Morgan fingerprint density at radius 3 is 2.64 bits per heavy atom. The summed E-state index contributed by atoms with van der Waals surface area (Å²) in [5.41, 5.74) is 3.63. The molecule has 1 heterocycles. The molecule has 4 nitrogen and oxygen atoms in total. The van der Waals surface area contributed by atoms with Crippen molar-refractivity contribution in [2.24, 2.45) is 0 Å². The first-order valence-electron chi connectivity index (χ1n) is 9.33. The van der Waals surface area contributed by atoms with Crippen molar-refractivity contribution in [1.82, 2.24) is 9.97 Å². The van der Waals surface area contributed by atoms with Crippen LogP contribution in [-0.2, 0) is 0 Å². The van der Waals surface area contributed by atoms with Crippen LogP contribution in [0, 0.1) is 0 Å². The van der Waals surface area contributed by atoms with Crippen LogP contribution in [0.5, 0.6) is 0 Å². The highest BCUT2D eigenvalue weighted by Crippen LogP contribution is 2.23. The van der Waals surface area contributed by atoms with Crippen molar-refractivity contribution in [3.63, 3.8) is 0 Å². The number of hydrogen-bond donors (Lipinski definition) is 2. The lowest BCUT2D eigenvalue weighted by Gasteiger charge is -2.15. The Bertz CT molecular complexity index is 707. The summed E-state index contributed by atoms with van der Waals surface area (Å²) in [6.45, 7) is 5.11. The first-order valence-corrected chi connectivity index (χ1v) is 9.33. The average Bonchev–Trinajstić information content (AvgIpc) is 2.63. The van der Waals surface area contributed by atoms with E-state index in [1.54, 1.807) is 5.57 Å². The highest BCUT2D eigenvalue weighted by Gasteiger charge is 2.08. The minimum absolute atomic E-state index is 0.297. The van der Waals surface area contributed by atoms with Crippen molar-refractivity contribution in [1.29, 1.82) is 0 Å². The summed E-state index contributed by atoms with van der Waals surface area (Å²) in [6, 6.07) is 12.6. The van der Waals surface area contributed by atoms with Crippen LogP contribution in [0.2, 0.25) is 0 Å². The van der Waals surface area contributed by atoms with Gasteiger partial charge in [0, 0.05) is 24.2 Å². The summed E-state index contributed by atoms with van der Waals surface area (Å²) >= 11 is 0. The number of benzene rings is 1. The first-order chi connectivity index (χ1) is 12.2. The smallest absolute Gasteiger partial charge is 0.225 e. The fourth-order valence-corrected chi connectivity index (χ4v) is 3.10. The van der Waals surface area contributed by atoms with Gasteiger partial charge in [0.1, 0.15) is 5.82 Å². The SMILES string of the molecule is CC(C)Nc1nc(NCCC2=CCCCC2)cc(-c2ccccc2)n1. The van der Waals surface area contributed by atoms with Crippen molar-refractivity contribution in [3.05, 3.63) is 48.0 Å². The van der Waals surface area contributed by atoms with Gasteiger partial charge in [0.05, 0.1) is 5.69 Å². The van der Waals surface area contributed by atoms with Crippen LogP contribution in [0.4, 0.5) is 11.8 Å². The van der Waals surface area contributed by atoms with Crippen LogP contribution in [0.25, 0.3) is 11.3 Å². The quantitative estimate of drug-likeness (QED) is 0.677. The van der Waals surface area contributed by atoms with Crippen LogP contribution >= 0.6 is 0 Å². The van der Waals surface area contributed by atoms with E-state index in [0.717, 1.165) is 30.0 Å². The number of nitrogens with zero attached hydrogens (tertiary/aromatic N) is 2. The van der Waals surface area contributed by atoms with E-state index < -0.39 is 0 Å². The van der Waals surface area contributed by atoms with E-state index in [-0.39, 0.29) is 0 Å². The normalized spacial score (nSPS) is 14.3. The van der Waals surface area contributed by atoms with Gasteiger partial charge in [-0.05, 0) is 46.0 Å². The Morgan fingerprint density at radius 1 is 1.08 bits per heavy atom. The highest BCUT2D eigenvalue weighted by molar-refractivity contribution is 5.64. The van der Waals surface area contributed by atoms with E-state index in [4.69, 9.17) is 0 Å². The van der Waals surface area contributed by atoms with Crippen molar-refractivity contribution in [2.75, 3.05) is 17.2 Å². The van der Waals surface area contributed by atoms with Crippen LogP contribution < -0.4 is 10.6 Å². The summed E-state index contributed by atoms with van der Waals surface area (Å²) in [4.78, 5) is 9.30. The second kappa shape index (κ2) is 8.65. The predicted molar refractivity (Wildman–Crippen MR) is 106 cm³/mol. The third-order valence-electron chi connectivity index (χ3n) is 4.35. The standard InChI is InChI=1S/C21H28N4/c1-16(2)23-21-24-19(18-11-7-4-8-12-18)15-20(25-21)22-14-13-17-9-5-3-6-10-17/h4,7-9,11-12,15-16H,3,5-6,10,13-14H2,1-2H3,(H2,22,23,24,25). The van der Waals surface area contributed by atoms with E-state index in [2.05, 4.69) is 52.7 Å². The molecule has 1 aromatic carbocycles. The molecule has 1 aliphatic rings. The molecule has 0 unspecified atom stereocenters. The van der Waals surface area contributed by atoms with Crippen LogP contribution in [-0.4, -0.2) is 22.6 Å². The molecule has 2 N–H and O–H groups in total. The molecule has 0 spiro atoms. The summed E-state index contributed by atoms with van der Waals surface area (Å²) in [5.74, 6) is 1.56. The second-order valence-electron chi connectivity index (χ2n) is 6.91. The summed E-state index contributed by atoms with van der Waals surface area (Å²) in [5, 5.41) is 6.81. The number of nitrogens with one attached hydrogen (secondary N) is 2. The lowest BCUT2D eigenvalue weighted by atomic mass is 9.97. The molecule has 0 saturated carbocycles. The van der Waals surface area contributed by atoms with Gasteiger partial charge in [-0.25, -0.2) is 4.98 Å². The Morgan fingerprint density at radius 2 is 1.92 bits per heavy atom. The second-order valence-corrected chi connectivity index (χ2v) is 6.91. The Hall–Kier alpha value is -2.36. The maximum Gasteiger partial charge on any atom is 0.225 e. The Labute approximate surface area is 150 Å². The molecule has 0 atom stereocenters. The van der Waals surface area contributed by atoms with Gasteiger partial charge < -0.3 is 10.6 Å². The zero-order valence-electron chi connectivity index (χ0n) is 15.3. The largest absolute Gasteiger partial charge is 0.370 e. The van der Waals surface area contributed by atoms with Crippen LogP contribution in [0.3, 0.4) is 0 Å². The molecule has 1 aliphatic carbocycles. The monoisotopic (exact) mass is 336 g/mol. The zero-order valence-corrected chi connectivity index (χ0v) is 15.3. The number of rotatable bonds is 7. The molecular weight excluding hydrogens is 308 g/mol. The highest BCUT2D eigenvalue weighted by atomic mass is 15.1. The van der Waals surface area contributed by atoms with Crippen LogP contribution in [0.15, 0.2) is 48.0 Å². The van der Waals surface area contributed by atoms with Crippen molar-refractivity contribution >= 4 is 11.8 Å². The van der Waals surface area contributed by atoms with Crippen molar-refractivity contribution in [3.8, 4) is 11.3 Å². The molecule has 0 fully saturated rings. The number of allylic oxidation sites excluding steroid dienone is 1. The van der Waals surface area contributed by atoms with Crippen LogP contribution in [0.1, 0.15) is 46.0 Å². The fraction of sp³-hybridized carbons (Fsp3) is 0.429. The first kappa shape index (κ1) is 17.5.